The van der Waals surface area contributed by atoms with Crippen molar-refractivity contribution in [1.82, 2.24) is 0 Å². The van der Waals surface area contributed by atoms with E-state index in [1.165, 1.54) is 10.4 Å². The van der Waals surface area contributed by atoms with Crippen molar-refractivity contribution in [1.29, 1.82) is 0 Å². The van der Waals surface area contributed by atoms with Crippen LogP contribution in [0, 0.1) is 0 Å². The minimum absolute atomic E-state index is 1.29. The monoisotopic (exact) mass is 173 g/mol. The van der Waals surface area contributed by atoms with Crippen molar-refractivity contribution in [3.05, 3.63) is 53.9 Å². The summed E-state index contributed by atoms with van der Waals surface area (Å²) < 4.78 is 0. The minimum atomic E-state index is 1.29. The molecule has 58 valence electrons. The SMILES string of the molecule is c1ccc(-c2cccc[s+]2)cc1. The number of benzene rings is 1. The second-order valence-electron chi connectivity index (χ2n) is 2.54. The van der Waals surface area contributed by atoms with Crippen LogP contribution >= 0.6 is 11.3 Å². The first-order chi connectivity index (χ1) is 5.97. The molecule has 0 unspecified atom stereocenters. The summed E-state index contributed by atoms with van der Waals surface area (Å²) in [6.45, 7) is 0. The van der Waals surface area contributed by atoms with Gasteiger partial charge >= 0.3 is 0 Å². The topological polar surface area (TPSA) is 0 Å². The molecule has 0 nitrogen and oxygen atoms in total. The van der Waals surface area contributed by atoms with E-state index in [9.17, 15) is 0 Å². The summed E-state index contributed by atoms with van der Waals surface area (Å²) in [4.78, 5) is 1.32. The maximum Gasteiger partial charge on any atom is 0.237 e. The molecule has 0 atom stereocenters. The first kappa shape index (κ1) is 7.44. The Morgan fingerprint density at radius 2 is 1.50 bits per heavy atom. The van der Waals surface area contributed by atoms with E-state index in [-0.39, 0.29) is 0 Å². The highest BCUT2D eigenvalue weighted by molar-refractivity contribution is 7.13. The molecule has 12 heavy (non-hydrogen) atoms. The molecule has 0 bridgehead atoms. The van der Waals surface area contributed by atoms with Crippen molar-refractivity contribution in [3.63, 3.8) is 0 Å². The number of hydrogen-bond donors (Lipinski definition) is 0. The van der Waals surface area contributed by atoms with Gasteiger partial charge in [-0.2, -0.15) is 0 Å². The average molecular weight is 173 g/mol. The van der Waals surface area contributed by atoms with Crippen LogP contribution in [0.4, 0.5) is 0 Å². The van der Waals surface area contributed by atoms with E-state index in [4.69, 9.17) is 0 Å². The van der Waals surface area contributed by atoms with Crippen LogP contribution in [0.25, 0.3) is 10.4 Å². The predicted molar refractivity (Wildman–Crippen MR) is 54.2 cm³/mol. The molecule has 1 aromatic carbocycles. The zero-order chi connectivity index (χ0) is 8.23. The van der Waals surface area contributed by atoms with Crippen LogP contribution in [0.3, 0.4) is 0 Å². The van der Waals surface area contributed by atoms with Crippen molar-refractivity contribution in [2.75, 3.05) is 0 Å². The van der Waals surface area contributed by atoms with E-state index in [2.05, 4.69) is 47.8 Å². The van der Waals surface area contributed by atoms with Gasteiger partial charge in [0.2, 0.25) is 16.2 Å². The van der Waals surface area contributed by atoms with Gasteiger partial charge in [0.1, 0.15) is 0 Å². The van der Waals surface area contributed by atoms with E-state index in [0.717, 1.165) is 0 Å². The third kappa shape index (κ3) is 1.51. The summed E-state index contributed by atoms with van der Waals surface area (Å²) in [6.07, 6.45) is 0. The van der Waals surface area contributed by atoms with Gasteiger partial charge in [-0.1, -0.05) is 24.3 Å². The molecule has 0 aliphatic rings. The highest BCUT2D eigenvalue weighted by Crippen LogP contribution is 2.22. The molecule has 0 aliphatic carbocycles. The molecule has 0 saturated heterocycles. The molecule has 1 aromatic heterocycles. The summed E-state index contributed by atoms with van der Waals surface area (Å²) in [5, 5.41) is 2.10. The molecule has 0 amide bonds. The zero-order valence-corrected chi connectivity index (χ0v) is 7.42. The van der Waals surface area contributed by atoms with Crippen LogP contribution in [0.1, 0.15) is 0 Å². The van der Waals surface area contributed by atoms with Gasteiger partial charge in [-0.15, -0.1) is 0 Å². The van der Waals surface area contributed by atoms with Crippen molar-refractivity contribution in [2.45, 2.75) is 0 Å². The highest BCUT2D eigenvalue weighted by Gasteiger charge is 2.04. The molecule has 2 aromatic rings. The third-order valence-electron chi connectivity index (χ3n) is 1.69. The van der Waals surface area contributed by atoms with Crippen LogP contribution < -0.4 is 0 Å². The Hall–Kier alpha value is -1.21. The largest absolute Gasteiger partial charge is 0.237 e. The Labute approximate surface area is 76.1 Å². The van der Waals surface area contributed by atoms with E-state index in [1.54, 1.807) is 11.3 Å². The molecule has 0 fully saturated rings. The molecule has 0 radical (unpaired) electrons. The first-order valence-corrected chi connectivity index (χ1v) is 4.77. The van der Waals surface area contributed by atoms with E-state index in [1.807, 2.05) is 6.07 Å². The smallest absolute Gasteiger partial charge is 0.0622 e. The summed E-state index contributed by atoms with van der Waals surface area (Å²) in [5.41, 5.74) is 1.29. The lowest BCUT2D eigenvalue weighted by atomic mass is 10.2. The lowest BCUT2D eigenvalue weighted by molar-refractivity contribution is 1.69. The van der Waals surface area contributed by atoms with Gasteiger partial charge in [-0.3, -0.25) is 0 Å². The minimum Gasteiger partial charge on any atom is -0.0622 e. The van der Waals surface area contributed by atoms with Crippen LogP contribution in [0.5, 0.6) is 0 Å². The molecule has 0 spiro atoms. The molecular formula is C11H9S+. The van der Waals surface area contributed by atoms with Gasteiger partial charge in [0.25, 0.3) is 0 Å². The Morgan fingerprint density at radius 1 is 0.750 bits per heavy atom. The summed E-state index contributed by atoms with van der Waals surface area (Å²) >= 11 is 1.77. The Balaban J connectivity index is 2.46. The fourth-order valence-electron chi connectivity index (χ4n) is 1.11. The second kappa shape index (κ2) is 3.46. The van der Waals surface area contributed by atoms with E-state index >= 15 is 0 Å². The van der Waals surface area contributed by atoms with Gasteiger partial charge in [0, 0.05) is 11.6 Å². The van der Waals surface area contributed by atoms with Gasteiger partial charge in [0.15, 0.2) is 5.38 Å². The lowest BCUT2D eigenvalue weighted by Gasteiger charge is -1.88. The Bertz CT molecular complexity index is 302. The maximum absolute atomic E-state index is 2.14. The Kier molecular flexibility index (Phi) is 2.14. The van der Waals surface area contributed by atoms with Gasteiger partial charge in [-0.25, -0.2) is 0 Å². The standard InChI is InChI=1S/C11H9S/c1-2-6-10(7-3-1)11-8-4-5-9-12-11/h1-9H/q+1. The van der Waals surface area contributed by atoms with Crippen molar-refractivity contribution >= 4 is 11.3 Å². The highest BCUT2D eigenvalue weighted by atomic mass is 32.1. The molecule has 1 heterocycles. The fourth-order valence-corrected chi connectivity index (χ4v) is 1.85. The lowest BCUT2D eigenvalue weighted by Crippen LogP contribution is -1.70. The number of hydrogen-bond acceptors (Lipinski definition) is 0. The average Bonchev–Trinajstić information content (AvgIpc) is 2.21. The van der Waals surface area contributed by atoms with Crippen molar-refractivity contribution in [3.8, 4) is 10.4 Å². The Morgan fingerprint density at radius 3 is 2.17 bits per heavy atom. The molecule has 2 rings (SSSR count). The molecule has 0 N–H and O–H groups in total. The summed E-state index contributed by atoms with van der Waals surface area (Å²) in [7, 11) is 0. The molecular weight excluding hydrogens is 164 g/mol. The van der Waals surface area contributed by atoms with Gasteiger partial charge in [-0.05, 0) is 18.2 Å². The van der Waals surface area contributed by atoms with Gasteiger partial charge < -0.3 is 0 Å². The fraction of sp³-hybridized carbons (Fsp3) is 0. The zero-order valence-electron chi connectivity index (χ0n) is 6.60. The predicted octanol–water partition coefficient (Wildman–Crippen LogP) is 3.70. The van der Waals surface area contributed by atoms with E-state index < -0.39 is 0 Å². The van der Waals surface area contributed by atoms with Gasteiger partial charge in [0.05, 0.1) is 0 Å². The summed E-state index contributed by atoms with van der Waals surface area (Å²) in [6, 6.07) is 16.7. The van der Waals surface area contributed by atoms with Crippen LogP contribution in [0.15, 0.2) is 53.9 Å². The maximum atomic E-state index is 2.14. The molecule has 1 heteroatoms. The first-order valence-electron chi connectivity index (χ1n) is 3.89. The van der Waals surface area contributed by atoms with Crippen LogP contribution in [-0.2, 0) is 0 Å². The normalized spacial score (nSPS) is 9.67. The number of rotatable bonds is 1. The molecule has 0 saturated carbocycles. The molecule has 0 aliphatic heterocycles. The van der Waals surface area contributed by atoms with Crippen LogP contribution in [0.2, 0.25) is 0 Å². The van der Waals surface area contributed by atoms with Crippen LogP contribution in [-0.4, -0.2) is 0 Å². The van der Waals surface area contributed by atoms with Crippen molar-refractivity contribution < 1.29 is 0 Å². The van der Waals surface area contributed by atoms with E-state index in [0.29, 0.717) is 0 Å². The van der Waals surface area contributed by atoms with Crippen molar-refractivity contribution in [2.24, 2.45) is 0 Å². The summed E-state index contributed by atoms with van der Waals surface area (Å²) in [5.74, 6) is 0. The third-order valence-corrected chi connectivity index (χ3v) is 2.61. The quantitative estimate of drug-likeness (QED) is 0.577. The second-order valence-corrected chi connectivity index (χ2v) is 3.48.